The molecule has 2 aromatic carbocycles. The zero-order valence-corrected chi connectivity index (χ0v) is 13.0. The van der Waals surface area contributed by atoms with Gasteiger partial charge in [0.15, 0.2) is 0 Å². The third-order valence-corrected chi connectivity index (χ3v) is 4.11. The molecule has 20 heavy (non-hydrogen) atoms. The molecule has 0 heterocycles. The summed E-state index contributed by atoms with van der Waals surface area (Å²) in [6, 6.07) is 9.60. The van der Waals surface area contributed by atoms with Gasteiger partial charge in [-0.3, -0.25) is 0 Å². The van der Waals surface area contributed by atoms with Crippen molar-refractivity contribution in [2.24, 2.45) is 0 Å². The highest BCUT2D eigenvalue weighted by atomic mass is 35.5. The fraction of sp³-hybridized carbons (Fsp3) is 0.294. The number of aliphatic hydroxyl groups excluding tert-OH is 1. The van der Waals surface area contributed by atoms with E-state index in [4.69, 9.17) is 16.3 Å². The molecule has 0 bridgehead atoms. The molecule has 0 aliphatic carbocycles. The largest absolute Gasteiger partial charge is 0.496 e. The van der Waals surface area contributed by atoms with E-state index in [9.17, 15) is 5.11 Å². The van der Waals surface area contributed by atoms with Gasteiger partial charge < -0.3 is 9.84 Å². The summed E-state index contributed by atoms with van der Waals surface area (Å²) in [5.41, 5.74) is 4.54. The van der Waals surface area contributed by atoms with Crippen LogP contribution in [-0.4, -0.2) is 12.2 Å². The first-order chi connectivity index (χ1) is 9.45. The minimum absolute atomic E-state index is 0.618. The van der Waals surface area contributed by atoms with E-state index < -0.39 is 6.10 Å². The number of ether oxygens (including phenoxy) is 1. The van der Waals surface area contributed by atoms with E-state index in [0.717, 1.165) is 33.6 Å². The molecule has 0 spiro atoms. The lowest BCUT2D eigenvalue weighted by Gasteiger charge is -2.18. The molecule has 2 nitrogen and oxygen atoms in total. The molecule has 3 heteroatoms. The minimum Gasteiger partial charge on any atom is -0.496 e. The fourth-order valence-corrected chi connectivity index (χ4v) is 2.60. The third kappa shape index (κ3) is 2.67. The molecule has 0 aliphatic heterocycles. The Morgan fingerprint density at radius 2 is 1.70 bits per heavy atom. The highest BCUT2D eigenvalue weighted by Crippen LogP contribution is 2.34. The highest BCUT2D eigenvalue weighted by Gasteiger charge is 2.18. The average molecular weight is 291 g/mol. The molecule has 0 aliphatic rings. The van der Waals surface area contributed by atoms with E-state index in [1.54, 1.807) is 7.11 Å². The molecule has 0 saturated carbocycles. The molecule has 1 atom stereocenters. The number of aryl methyl sites for hydroxylation is 3. The van der Waals surface area contributed by atoms with Gasteiger partial charge in [-0.25, -0.2) is 0 Å². The second-order valence-electron chi connectivity index (χ2n) is 5.06. The van der Waals surface area contributed by atoms with Crippen molar-refractivity contribution in [2.45, 2.75) is 26.9 Å². The summed E-state index contributed by atoms with van der Waals surface area (Å²) in [5.74, 6) is 0.828. The second kappa shape index (κ2) is 5.86. The zero-order chi connectivity index (χ0) is 14.9. The lowest BCUT2D eigenvalue weighted by molar-refractivity contribution is 0.219. The number of hydrogen-bond donors (Lipinski definition) is 1. The van der Waals surface area contributed by atoms with Gasteiger partial charge in [0.05, 0.1) is 7.11 Å². The second-order valence-corrected chi connectivity index (χ2v) is 5.44. The lowest BCUT2D eigenvalue weighted by Crippen LogP contribution is -2.05. The summed E-state index contributed by atoms with van der Waals surface area (Å²) in [6.45, 7) is 5.86. The van der Waals surface area contributed by atoms with Gasteiger partial charge in [0.2, 0.25) is 0 Å². The van der Waals surface area contributed by atoms with E-state index in [2.05, 4.69) is 0 Å². The molecular weight excluding hydrogens is 272 g/mol. The van der Waals surface area contributed by atoms with Crippen LogP contribution >= 0.6 is 11.6 Å². The number of benzene rings is 2. The van der Waals surface area contributed by atoms with Crippen LogP contribution in [0.5, 0.6) is 5.75 Å². The van der Waals surface area contributed by atoms with Gasteiger partial charge in [-0.05, 0) is 55.2 Å². The SMILES string of the molecule is COc1cc(C)c(C(O)c2cccc(C)c2Cl)cc1C. The van der Waals surface area contributed by atoms with Crippen LogP contribution in [0.2, 0.25) is 5.02 Å². The predicted molar refractivity (Wildman–Crippen MR) is 82.7 cm³/mol. The predicted octanol–water partition coefficient (Wildman–Crippen LogP) is 4.36. The monoisotopic (exact) mass is 290 g/mol. The van der Waals surface area contributed by atoms with Crippen LogP contribution in [0, 0.1) is 20.8 Å². The van der Waals surface area contributed by atoms with Crippen molar-refractivity contribution < 1.29 is 9.84 Å². The Morgan fingerprint density at radius 1 is 1.00 bits per heavy atom. The number of rotatable bonds is 3. The van der Waals surface area contributed by atoms with E-state index in [1.807, 2.05) is 51.1 Å². The van der Waals surface area contributed by atoms with Crippen LogP contribution < -0.4 is 4.74 Å². The summed E-state index contributed by atoms with van der Waals surface area (Å²) < 4.78 is 5.30. The normalized spacial score (nSPS) is 12.3. The molecule has 106 valence electrons. The first-order valence-corrected chi connectivity index (χ1v) is 6.91. The Bertz CT molecular complexity index is 635. The molecule has 2 aromatic rings. The molecule has 0 fully saturated rings. The van der Waals surface area contributed by atoms with Crippen molar-refractivity contribution in [2.75, 3.05) is 7.11 Å². The van der Waals surface area contributed by atoms with Gasteiger partial charge in [0.1, 0.15) is 11.9 Å². The van der Waals surface area contributed by atoms with Crippen molar-refractivity contribution in [1.29, 1.82) is 0 Å². The first-order valence-electron chi connectivity index (χ1n) is 6.54. The van der Waals surface area contributed by atoms with Crippen molar-refractivity contribution in [3.63, 3.8) is 0 Å². The Labute approximate surface area is 125 Å². The van der Waals surface area contributed by atoms with E-state index in [1.165, 1.54) is 0 Å². The Hall–Kier alpha value is -1.51. The molecule has 1 N–H and O–H groups in total. The van der Waals surface area contributed by atoms with Crippen LogP contribution in [-0.2, 0) is 0 Å². The molecule has 0 amide bonds. The lowest BCUT2D eigenvalue weighted by atomic mass is 9.94. The van der Waals surface area contributed by atoms with E-state index in [-0.39, 0.29) is 0 Å². The van der Waals surface area contributed by atoms with Crippen LogP contribution in [0.3, 0.4) is 0 Å². The van der Waals surface area contributed by atoms with Gasteiger partial charge >= 0.3 is 0 Å². The van der Waals surface area contributed by atoms with Gasteiger partial charge in [-0.2, -0.15) is 0 Å². The third-order valence-electron chi connectivity index (χ3n) is 3.59. The molecule has 2 rings (SSSR count). The van der Waals surface area contributed by atoms with Gasteiger partial charge in [-0.15, -0.1) is 0 Å². The van der Waals surface area contributed by atoms with Crippen molar-refractivity contribution in [3.8, 4) is 5.75 Å². The quantitative estimate of drug-likeness (QED) is 0.910. The van der Waals surface area contributed by atoms with Gasteiger partial charge in [0, 0.05) is 10.6 Å². The highest BCUT2D eigenvalue weighted by molar-refractivity contribution is 6.32. The summed E-state index contributed by atoms with van der Waals surface area (Å²) >= 11 is 6.30. The van der Waals surface area contributed by atoms with Gasteiger partial charge in [-0.1, -0.05) is 29.8 Å². The molecular formula is C17H19ClO2. The molecule has 0 saturated heterocycles. The van der Waals surface area contributed by atoms with E-state index >= 15 is 0 Å². The fourth-order valence-electron chi connectivity index (χ4n) is 2.38. The van der Waals surface area contributed by atoms with Crippen molar-refractivity contribution in [1.82, 2.24) is 0 Å². The summed E-state index contributed by atoms with van der Waals surface area (Å²) in [6.07, 6.45) is -0.730. The van der Waals surface area contributed by atoms with Crippen molar-refractivity contribution in [3.05, 3.63) is 63.2 Å². The minimum atomic E-state index is -0.730. The van der Waals surface area contributed by atoms with Crippen LogP contribution in [0.15, 0.2) is 30.3 Å². The maximum absolute atomic E-state index is 10.6. The Morgan fingerprint density at radius 3 is 2.35 bits per heavy atom. The van der Waals surface area contributed by atoms with Crippen LogP contribution in [0.1, 0.15) is 33.9 Å². The molecule has 0 aromatic heterocycles. The molecule has 1 unspecified atom stereocenters. The van der Waals surface area contributed by atoms with E-state index in [0.29, 0.717) is 5.02 Å². The topological polar surface area (TPSA) is 29.5 Å². The standard InChI is InChI=1S/C17H19ClO2/c1-10-6-5-7-13(16(10)18)17(19)14-8-12(3)15(20-4)9-11(14)2/h5-9,17,19H,1-4H3. The summed E-state index contributed by atoms with van der Waals surface area (Å²) in [7, 11) is 1.65. The summed E-state index contributed by atoms with van der Waals surface area (Å²) in [5, 5.41) is 11.3. The first kappa shape index (κ1) is 14.9. The maximum Gasteiger partial charge on any atom is 0.122 e. The number of halogens is 1. The Kier molecular flexibility index (Phi) is 4.36. The zero-order valence-electron chi connectivity index (χ0n) is 12.2. The number of methoxy groups -OCH3 is 1. The van der Waals surface area contributed by atoms with Crippen LogP contribution in [0.25, 0.3) is 0 Å². The van der Waals surface area contributed by atoms with Crippen molar-refractivity contribution >= 4 is 11.6 Å². The summed E-state index contributed by atoms with van der Waals surface area (Å²) in [4.78, 5) is 0. The number of aliphatic hydroxyl groups is 1. The number of hydrogen-bond acceptors (Lipinski definition) is 2. The van der Waals surface area contributed by atoms with Gasteiger partial charge in [0.25, 0.3) is 0 Å². The smallest absolute Gasteiger partial charge is 0.122 e. The average Bonchev–Trinajstić information content (AvgIpc) is 2.43. The maximum atomic E-state index is 10.6. The van der Waals surface area contributed by atoms with Crippen LogP contribution in [0.4, 0.5) is 0 Å². The Balaban J connectivity index is 2.51. The molecule has 0 radical (unpaired) electrons.